The second kappa shape index (κ2) is 5.29. The third kappa shape index (κ3) is 2.52. The summed E-state index contributed by atoms with van der Waals surface area (Å²) in [6.07, 6.45) is 2.75. The summed E-state index contributed by atoms with van der Waals surface area (Å²) in [5.41, 5.74) is 1.37. The average molecular weight is 246 g/mol. The summed E-state index contributed by atoms with van der Waals surface area (Å²) in [6, 6.07) is 8.43. The average Bonchev–Trinajstić information content (AvgIpc) is 2.96. The van der Waals surface area contributed by atoms with Crippen LogP contribution in [-0.2, 0) is 6.42 Å². The van der Waals surface area contributed by atoms with Crippen LogP contribution in [-0.4, -0.2) is 44.2 Å². The van der Waals surface area contributed by atoms with Crippen LogP contribution in [0.25, 0.3) is 0 Å². The van der Waals surface area contributed by atoms with E-state index in [0.717, 1.165) is 31.2 Å². The Balaban J connectivity index is 1.51. The fourth-order valence-electron chi connectivity index (χ4n) is 3.18. The summed E-state index contributed by atoms with van der Waals surface area (Å²) >= 11 is 0. The molecule has 0 saturated carbocycles. The number of likely N-dealkylation sites (tertiary alicyclic amines) is 1. The highest BCUT2D eigenvalue weighted by atomic mass is 16.5. The van der Waals surface area contributed by atoms with Crippen LogP contribution in [0, 0.1) is 5.92 Å². The number of nitrogens with one attached hydrogen (secondary N) is 1. The normalized spacial score (nSPS) is 27.2. The Morgan fingerprint density at radius 2 is 2.28 bits per heavy atom. The molecule has 0 amide bonds. The van der Waals surface area contributed by atoms with Crippen LogP contribution in [0.5, 0.6) is 5.75 Å². The van der Waals surface area contributed by atoms with Gasteiger partial charge in [-0.2, -0.15) is 0 Å². The third-order valence-corrected chi connectivity index (χ3v) is 4.04. The number of nitrogens with zero attached hydrogens (tertiary/aromatic N) is 1. The molecule has 3 rings (SSSR count). The highest BCUT2D eigenvalue weighted by molar-refractivity contribution is 5.37. The maximum atomic E-state index is 6.01. The molecular formula is C15H22N2O. The van der Waals surface area contributed by atoms with E-state index in [1.807, 2.05) is 7.05 Å². The smallest absolute Gasteiger partial charge is 0.123 e. The third-order valence-electron chi connectivity index (χ3n) is 4.04. The second-order valence-corrected chi connectivity index (χ2v) is 5.52. The molecule has 2 aliphatic rings. The van der Waals surface area contributed by atoms with E-state index in [9.17, 15) is 0 Å². The molecule has 98 valence electrons. The molecule has 3 heteroatoms. The predicted molar refractivity (Wildman–Crippen MR) is 73.0 cm³/mol. The fraction of sp³-hybridized carbons (Fsp3) is 0.600. The van der Waals surface area contributed by atoms with Gasteiger partial charge in [0.05, 0.1) is 0 Å². The maximum Gasteiger partial charge on any atom is 0.123 e. The molecule has 0 aliphatic carbocycles. The van der Waals surface area contributed by atoms with Crippen LogP contribution < -0.4 is 10.1 Å². The number of ether oxygens (including phenoxy) is 1. The Kier molecular flexibility index (Phi) is 3.52. The first-order valence-electron chi connectivity index (χ1n) is 6.96. The van der Waals surface area contributed by atoms with Crippen LogP contribution in [0.1, 0.15) is 12.0 Å². The van der Waals surface area contributed by atoms with Crippen molar-refractivity contribution < 1.29 is 4.74 Å². The molecule has 1 saturated heterocycles. The van der Waals surface area contributed by atoms with E-state index in [0.29, 0.717) is 6.10 Å². The maximum absolute atomic E-state index is 6.01. The highest BCUT2D eigenvalue weighted by Crippen LogP contribution is 2.29. The standard InChI is InChI=1S/C15H22N2O/c1-16-9-12-6-7-17(10-12)11-14-8-13-4-2-3-5-15(13)18-14/h2-5,12,14,16H,6-11H2,1H3. The molecule has 2 unspecified atom stereocenters. The van der Waals surface area contributed by atoms with Gasteiger partial charge in [0.15, 0.2) is 0 Å². The Labute approximate surface area is 109 Å². The van der Waals surface area contributed by atoms with Gasteiger partial charge < -0.3 is 10.1 Å². The van der Waals surface area contributed by atoms with E-state index in [2.05, 4.69) is 34.5 Å². The topological polar surface area (TPSA) is 24.5 Å². The van der Waals surface area contributed by atoms with Crippen LogP contribution in [0.2, 0.25) is 0 Å². The van der Waals surface area contributed by atoms with Gasteiger partial charge in [-0.15, -0.1) is 0 Å². The van der Waals surface area contributed by atoms with E-state index in [1.54, 1.807) is 0 Å². The number of fused-ring (bicyclic) bond motifs is 1. The van der Waals surface area contributed by atoms with Crippen LogP contribution in [0.15, 0.2) is 24.3 Å². The lowest BCUT2D eigenvalue weighted by Crippen LogP contribution is -2.34. The van der Waals surface area contributed by atoms with Crippen molar-refractivity contribution in [1.82, 2.24) is 10.2 Å². The molecule has 2 atom stereocenters. The van der Waals surface area contributed by atoms with Crippen LogP contribution >= 0.6 is 0 Å². The van der Waals surface area contributed by atoms with Gasteiger partial charge in [-0.3, -0.25) is 4.90 Å². The zero-order valence-electron chi connectivity index (χ0n) is 11.1. The van der Waals surface area contributed by atoms with Crippen molar-refractivity contribution >= 4 is 0 Å². The molecule has 2 aliphatic heterocycles. The summed E-state index contributed by atoms with van der Waals surface area (Å²) < 4.78 is 6.01. The molecule has 1 aromatic carbocycles. The van der Waals surface area contributed by atoms with Crippen molar-refractivity contribution in [2.75, 3.05) is 33.2 Å². The minimum absolute atomic E-state index is 0.357. The Hall–Kier alpha value is -1.06. The lowest BCUT2D eigenvalue weighted by atomic mass is 10.1. The summed E-state index contributed by atoms with van der Waals surface area (Å²) in [7, 11) is 2.04. The van der Waals surface area contributed by atoms with Gasteiger partial charge in [0.2, 0.25) is 0 Å². The zero-order valence-corrected chi connectivity index (χ0v) is 11.1. The molecule has 18 heavy (non-hydrogen) atoms. The van der Waals surface area contributed by atoms with Crippen molar-refractivity contribution in [1.29, 1.82) is 0 Å². The van der Waals surface area contributed by atoms with Crippen molar-refractivity contribution in [2.45, 2.75) is 18.9 Å². The van der Waals surface area contributed by atoms with Gasteiger partial charge in [0, 0.05) is 19.5 Å². The second-order valence-electron chi connectivity index (χ2n) is 5.52. The number of hydrogen-bond acceptors (Lipinski definition) is 3. The fourth-order valence-corrected chi connectivity index (χ4v) is 3.18. The van der Waals surface area contributed by atoms with Crippen molar-refractivity contribution in [3.63, 3.8) is 0 Å². The SMILES string of the molecule is CNCC1CCN(CC2Cc3ccccc3O2)C1. The molecule has 0 bridgehead atoms. The first kappa shape index (κ1) is 12.0. The first-order valence-corrected chi connectivity index (χ1v) is 6.96. The van der Waals surface area contributed by atoms with Gasteiger partial charge in [-0.1, -0.05) is 18.2 Å². The van der Waals surface area contributed by atoms with E-state index < -0.39 is 0 Å². The largest absolute Gasteiger partial charge is 0.488 e. The van der Waals surface area contributed by atoms with Gasteiger partial charge in [-0.05, 0) is 44.1 Å². The molecule has 2 heterocycles. The van der Waals surface area contributed by atoms with Crippen molar-refractivity contribution in [3.05, 3.63) is 29.8 Å². The van der Waals surface area contributed by atoms with Gasteiger partial charge in [0.1, 0.15) is 11.9 Å². The van der Waals surface area contributed by atoms with Gasteiger partial charge in [-0.25, -0.2) is 0 Å². The zero-order chi connectivity index (χ0) is 12.4. The molecule has 3 nitrogen and oxygen atoms in total. The Morgan fingerprint density at radius 3 is 3.11 bits per heavy atom. The quantitative estimate of drug-likeness (QED) is 0.872. The van der Waals surface area contributed by atoms with E-state index >= 15 is 0 Å². The molecular weight excluding hydrogens is 224 g/mol. The molecule has 1 aromatic rings. The lowest BCUT2D eigenvalue weighted by molar-refractivity contribution is 0.165. The number of hydrogen-bond donors (Lipinski definition) is 1. The summed E-state index contributed by atoms with van der Waals surface area (Å²) in [5, 5.41) is 3.28. The minimum atomic E-state index is 0.357. The van der Waals surface area contributed by atoms with Crippen molar-refractivity contribution in [3.8, 4) is 5.75 Å². The lowest BCUT2D eigenvalue weighted by Gasteiger charge is -2.20. The highest BCUT2D eigenvalue weighted by Gasteiger charge is 2.28. The molecule has 0 radical (unpaired) electrons. The number of para-hydroxylation sites is 1. The predicted octanol–water partition coefficient (Wildman–Crippen LogP) is 1.53. The monoisotopic (exact) mass is 246 g/mol. The summed E-state index contributed by atoms with van der Waals surface area (Å²) in [5.74, 6) is 1.91. The van der Waals surface area contributed by atoms with Crippen LogP contribution in [0.4, 0.5) is 0 Å². The van der Waals surface area contributed by atoms with E-state index in [-0.39, 0.29) is 0 Å². The van der Waals surface area contributed by atoms with Gasteiger partial charge in [0.25, 0.3) is 0 Å². The molecule has 0 aromatic heterocycles. The molecule has 0 spiro atoms. The first-order chi connectivity index (χ1) is 8.85. The number of rotatable bonds is 4. The van der Waals surface area contributed by atoms with E-state index in [1.165, 1.54) is 25.1 Å². The molecule has 1 N–H and O–H groups in total. The van der Waals surface area contributed by atoms with Gasteiger partial charge >= 0.3 is 0 Å². The number of benzene rings is 1. The summed E-state index contributed by atoms with van der Waals surface area (Å²) in [4.78, 5) is 2.55. The Bertz CT molecular complexity index is 382. The minimum Gasteiger partial charge on any atom is -0.488 e. The summed E-state index contributed by atoms with van der Waals surface area (Å²) in [6.45, 7) is 4.66. The van der Waals surface area contributed by atoms with E-state index in [4.69, 9.17) is 4.74 Å². The Morgan fingerprint density at radius 1 is 1.39 bits per heavy atom. The van der Waals surface area contributed by atoms with Crippen molar-refractivity contribution in [2.24, 2.45) is 5.92 Å². The van der Waals surface area contributed by atoms with Crippen LogP contribution in [0.3, 0.4) is 0 Å². The molecule has 1 fully saturated rings.